The molecule has 1 saturated carbocycles. The van der Waals surface area contributed by atoms with Gasteiger partial charge in [-0.1, -0.05) is 72.8 Å². The summed E-state index contributed by atoms with van der Waals surface area (Å²) in [5.74, 6) is 0.902. The molecule has 0 unspecified atom stereocenters. The van der Waals surface area contributed by atoms with Gasteiger partial charge in [0, 0.05) is 38.4 Å². The maximum absolute atomic E-state index is 13.1. The van der Waals surface area contributed by atoms with Gasteiger partial charge in [-0.2, -0.15) is 0 Å². The highest BCUT2D eigenvalue weighted by Gasteiger charge is 2.30. The fraction of sp³-hybridized carbons (Fsp3) is 0.400. The Balaban J connectivity index is 1.08. The number of aryl methyl sites for hydroxylation is 1. The van der Waals surface area contributed by atoms with Crippen molar-refractivity contribution in [3.8, 4) is 5.75 Å². The van der Waals surface area contributed by atoms with Crippen molar-refractivity contribution in [2.75, 3.05) is 13.1 Å². The number of likely N-dealkylation sites (tertiary alicyclic amines) is 1. The van der Waals surface area contributed by atoms with Crippen LogP contribution in [-0.4, -0.2) is 47.8 Å². The van der Waals surface area contributed by atoms with E-state index < -0.39 is 6.04 Å². The second-order valence-corrected chi connectivity index (χ2v) is 11.5. The van der Waals surface area contributed by atoms with Crippen LogP contribution >= 0.6 is 0 Å². The predicted octanol–water partition coefficient (Wildman–Crippen LogP) is 4.83. The SMILES string of the molecule is O=C(CC1CCN(C(=O)CCc2ccccc2)CC1)N[C@@H](Cc1ccc(OCc2ccccc2)cc1)C(=O)NC1CC1. The van der Waals surface area contributed by atoms with E-state index in [2.05, 4.69) is 10.6 Å². The van der Waals surface area contributed by atoms with Crippen LogP contribution in [0, 0.1) is 5.92 Å². The number of rotatable bonds is 13. The zero-order valence-corrected chi connectivity index (χ0v) is 24.2. The average molecular weight is 568 g/mol. The molecule has 1 heterocycles. The third-order valence-corrected chi connectivity index (χ3v) is 8.10. The number of amides is 3. The van der Waals surface area contributed by atoms with Crippen molar-refractivity contribution in [2.45, 2.75) is 70.1 Å². The summed E-state index contributed by atoms with van der Waals surface area (Å²) < 4.78 is 5.89. The van der Waals surface area contributed by atoms with Gasteiger partial charge in [0.05, 0.1) is 0 Å². The molecule has 7 heteroatoms. The zero-order chi connectivity index (χ0) is 29.1. The third-order valence-electron chi connectivity index (χ3n) is 8.10. The summed E-state index contributed by atoms with van der Waals surface area (Å²) in [4.78, 5) is 40.7. The van der Waals surface area contributed by atoms with E-state index in [9.17, 15) is 14.4 Å². The minimum absolute atomic E-state index is 0.109. The molecule has 3 amide bonds. The number of carbonyl (C=O) groups excluding carboxylic acids is 3. The summed E-state index contributed by atoms with van der Waals surface area (Å²) in [5.41, 5.74) is 3.23. The maximum atomic E-state index is 13.1. The molecule has 42 heavy (non-hydrogen) atoms. The van der Waals surface area contributed by atoms with Crippen LogP contribution in [0.5, 0.6) is 5.75 Å². The number of nitrogens with one attached hydrogen (secondary N) is 2. The molecule has 0 spiro atoms. The monoisotopic (exact) mass is 567 g/mol. The van der Waals surface area contributed by atoms with E-state index in [4.69, 9.17) is 4.74 Å². The molecule has 0 aromatic heterocycles. The Morgan fingerprint density at radius 3 is 2.07 bits per heavy atom. The van der Waals surface area contributed by atoms with Crippen molar-refractivity contribution in [1.82, 2.24) is 15.5 Å². The molecular formula is C35H41N3O4. The predicted molar refractivity (Wildman–Crippen MR) is 163 cm³/mol. The topological polar surface area (TPSA) is 87.7 Å². The molecule has 1 aliphatic carbocycles. The number of hydrogen-bond donors (Lipinski definition) is 2. The van der Waals surface area contributed by atoms with Crippen LogP contribution in [0.15, 0.2) is 84.9 Å². The lowest BCUT2D eigenvalue weighted by Gasteiger charge is -2.32. The Kier molecular flexibility index (Phi) is 10.3. The fourth-order valence-electron chi connectivity index (χ4n) is 5.39. The van der Waals surface area contributed by atoms with Crippen molar-refractivity contribution < 1.29 is 19.1 Å². The first kappa shape index (κ1) is 29.4. The number of piperidine rings is 1. The van der Waals surface area contributed by atoms with Crippen molar-refractivity contribution in [3.63, 3.8) is 0 Å². The van der Waals surface area contributed by atoms with E-state index in [0.717, 1.165) is 49.0 Å². The van der Waals surface area contributed by atoms with Crippen LogP contribution in [-0.2, 0) is 33.8 Å². The minimum atomic E-state index is -0.631. The van der Waals surface area contributed by atoms with E-state index in [1.54, 1.807) is 0 Å². The molecule has 5 rings (SSSR count). The first-order chi connectivity index (χ1) is 20.5. The van der Waals surface area contributed by atoms with Crippen LogP contribution in [0.1, 0.15) is 55.2 Å². The van der Waals surface area contributed by atoms with Gasteiger partial charge in [0.15, 0.2) is 0 Å². The summed E-state index contributed by atoms with van der Waals surface area (Å²) >= 11 is 0. The second kappa shape index (κ2) is 14.7. The zero-order valence-electron chi connectivity index (χ0n) is 24.2. The number of nitrogens with zero attached hydrogens (tertiary/aromatic N) is 1. The van der Waals surface area contributed by atoms with Crippen LogP contribution in [0.3, 0.4) is 0 Å². The van der Waals surface area contributed by atoms with E-state index in [-0.39, 0.29) is 29.7 Å². The lowest BCUT2D eigenvalue weighted by Crippen LogP contribution is -2.49. The molecular weight excluding hydrogens is 526 g/mol. The van der Waals surface area contributed by atoms with Gasteiger partial charge in [-0.3, -0.25) is 14.4 Å². The van der Waals surface area contributed by atoms with Gasteiger partial charge in [0.1, 0.15) is 18.4 Å². The molecule has 0 bridgehead atoms. The van der Waals surface area contributed by atoms with Crippen LogP contribution in [0.4, 0.5) is 0 Å². The Labute approximate surface area is 248 Å². The highest BCUT2D eigenvalue weighted by Crippen LogP contribution is 2.23. The first-order valence-corrected chi connectivity index (χ1v) is 15.2. The minimum Gasteiger partial charge on any atom is -0.489 e. The van der Waals surface area contributed by atoms with E-state index in [0.29, 0.717) is 39.0 Å². The highest BCUT2D eigenvalue weighted by atomic mass is 16.5. The number of carbonyl (C=O) groups is 3. The summed E-state index contributed by atoms with van der Waals surface area (Å²) in [7, 11) is 0. The van der Waals surface area contributed by atoms with Crippen molar-refractivity contribution in [2.24, 2.45) is 5.92 Å². The van der Waals surface area contributed by atoms with Gasteiger partial charge >= 0.3 is 0 Å². The number of hydrogen-bond acceptors (Lipinski definition) is 4. The van der Waals surface area contributed by atoms with Gasteiger partial charge in [-0.05, 0) is 66.8 Å². The van der Waals surface area contributed by atoms with Gasteiger partial charge in [0.25, 0.3) is 0 Å². The van der Waals surface area contributed by atoms with Gasteiger partial charge < -0.3 is 20.3 Å². The van der Waals surface area contributed by atoms with Crippen LogP contribution in [0.2, 0.25) is 0 Å². The molecule has 1 saturated heterocycles. The van der Waals surface area contributed by atoms with Gasteiger partial charge in [0.2, 0.25) is 17.7 Å². The number of benzene rings is 3. The third kappa shape index (κ3) is 9.20. The summed E-state index contributed by atoms with van der Waals surface area (Å²) in [6.07, 6.45) is 5.61. The van der Waals surface area contributed by atoms with Gasteiger partial charge in [-0.15, -0.1) is 0 Å². The Morgan fingerprint density at radius 2 is 1.43 bits per heavy atom. The van der Waals surface area contributed by atoms with Crippen molar-refractivity contribution in [3.05, 3.63) is 102 Å². The Morgan fingerprint density at radius 1 is 0.786 bits per heavy atom. The molecule has 3 aromatic carbocycles. The Hall–Kier alpha value is -4.13. The van der Waals surface area contributed by atoms with Crippen LogP contribution < -0.4 is 15.4 Å². The van der Waals surface area contributed by atoms with E-state index >= 15 is 0 Å². The Bertz CT molecular complexity index is 1300. The molecule has 220 valence electrons. The van der Waals surface area contributed by atoms with Crippen molar-refractivity contribution in [1.29, 1.82) is 0 Å². The van der Waals surface area contributed by atoms with Crippen LogP contribution in [0.25, 0.3) is 0 Å². The molecule has 2 N–H and O–H groups in total. The molecule has 2 aliphatic rings. The average Bonchev–Trinajstić information content (AvgIpc) is 3.84. The molecule has 1 atom stereocenters. The molecule has 2 fully saturated rings. The summed E-state index contributed by atoms with van der Waals surface area (Å²) in [5, 5.41) is 6.07. The standard InChI is InChI=1S/C35H41N3O4/c39-33(24-28-19-21-38(22-20-28)34(40)18-13-26-7-3-1-4-8-26)37-32(35(41)36-30-14-15-30)23-27-11-16-31(17-12-27)42-25-29-9-5-2-6-10-29/h1-12,16-17,28,30,32H,13-15,18-25H2,(H,36,41)(H,37,39)/t32-/m0/s1. The molecule has 0 radical (unpaired) electrons. The smallest absolute Gasteiger partial charge is 0.243 e. The second-order valence-electron chi connectivity index (χ2n) is 11.5. The van der Waals surface area contributed by atoms with Crippen molar-refractivity contribution >= 4 is 17.7 Å². The summed E-state index contributed by atoms with van der Waals surface area (Å²) in [6, 6.07) is 27.4. The lowest BCUT2D eigenvalue weighted by atomic mass is 9.92. The maximum Gasteiger partial charge on any atom is 0.243 e. The first-order valence-electron chi connectivity index (χ1n) is 15.2. The van der Waals surface area contributed by atoms with E-state index in [1.165, 1.54) is 5.56 Å². The van der Waals surface area contributed by atoms with Gasteiger partial charge in [-0.25, -0.2) is 0 Å². The quantitative estimate of drug-likeness (QED) is 0.310. The van der Waals surface area contributed by atoms with E-state index in [1.807, 2.05) is 89.8 Å². The number of ether oxygens (including phenoxy) is 1. The lowest BCUT2D eigenvalue weighted by molar-refractivity contribution is -0.133. The molecule has 3 aromatic rings. The molecule has 1 aliphatic heterocycles. The molecule has 7 nitrogen and oxygen atoms in total. The fourth-order valence-corrected chi connectivity index (χ4v) is 5.39. The largest absolute Gasteiger partial charge is 0.489 e. The normalized spacial score (nSPS) is 16.0. The summed E-state index contributed by atoms with van der Waals surface area (Å²) in [6.45, 7) is 1.84. The highest BCUT2D eigenvalue weighted by molar-refractivity contribution is 5.88.